The normalized spacial score (nSPS) is 10.7. The number of anilines is 2. The Labute approximate surface area is 214 Å². The Morgan fingerprint density at radius 3 is 1.83 bits per heavy atom. The number of rotatable bonds is 6. The molecule has 0 aliphatic carbocycles. The lowest BCUT2D eigenvalue weighted by molar-refractivity contribution is 0.997. The molecule has 36 heavy (non-hydrogen) atoms. The Bertz CT molecular complexity index is 1450. The third-order valence-corrected chi connectivity index (χ3v) is 5.33. The molecule has 0 unspecified atom stereocenters. The first-order valence-electron chi connectivity index (χ1n) is 10.8. The summed E-state index contributed by atoms with van der Waals surface area (Å²) < 4.78 is 0. The van der Waals surface area contributed by atoms with Crippen molar-refractivity contribution >= 4 is 56.9 Å². The third-order valence-electron chi connectivity index (χ3n) is 4.99. The van der Waals surface area contributed by atoms with Crippen LogP contribution in [-0.4, -0.2) is 44.9 Å². The van der Waals surface area contributed by atoms with Gasteiger partial charge in [-0.3, -0.25) is 15.0 Å². The quantitative estimate of drug-likeness (QED) is 0.231. The number of hydrogen-bond acceptors (Lipinski definition) is 9. The van der Waals surface area contributed by atoms with Crippen LogP contribution in [0.5, 0.6) is 0 Å². The van der Waals surface area contributed by atoms with Gasteiger partial charge in [0.1, 0.15) is 22.9 Å². The number of halogens is 2. The molecule has 6 heterocycles. The minimum Gasteiger partial charge on any atom is -0.364 e. The van der Waals surface area contributed by atoms with Crippen molar-refractivity contribution in [2.24, 2.45) is 0 Å². The zero-order valence-corrected chi connectivity index (χ0v) is 20.2. The third kappa shape index (κ3) is 5.65. The highest BCUT2D eigenvalue weighted by atomic mass is 35.5. The monoisotopic (exact) mass is 519 g/mol. The molecule has 4 N–H and O–H groups in total. The van der Waals surface area contributed by atoms with E-state index in [1.165, 1.54) is 0 Å². The molecule has 0 radical (unpaired) electrons. The van der Waals surface area contributed by atoms with Crippen molar-refractivity contribution in [2.45, 2.75) is 13.1 Å². The SMILES string of the molecule is Clc1nc(NCc2ccccn2)c2cc[nH]c2n1.Clc1nc(NCc2cnccn2)c2cc[nH]c2n1. The molecule has 13 heteroatoms. The van der Waals surface area contributed by atoms with E-state index < -0.39 is 0 Å². The van der Waals surface area contributed by atoms with Crippen molar-refractivity contribution in [2.75, 3.05) is 10.6 Å². The number of aromatic amines is 2. The molecule has 0 saturated heterocycles. The van der Waals surface area contributed by atoms with Gasteiger partial charge in [-0.2, -0.15) is 9.97 Å². The van der Waals surface area contributed by atoms with Gasteiger partial charge in [0, 0.05) is 31.0 Å². The fourth-order valence-corrected chi connectivity index (χ4v) is 3.71. The molecular formula is C23H19Cl2N11. The van der Waals surface area contributed by atoms with Gasteiger partial charge in [-0.05, 0) is 47.5 Å². The lowest BCUT2D eigenvalue weighted by atomic mass is 10.3. The minimum absolute atomic E-state index is 0.201. The first kappa shape index (κ1) is 23.4. The molecular weight excluding hydrogens is 501 g/mol. The molecule has 0 aliphatic heterocycles. The molecule has 0 bridgehead atoms. The van der Waals surface area contributed by atoms with Crippen LogP contribution in [-0.2, 0) is 13.1 Å². The molecule has 6 aromatic rings. The minimum atomic E-state index is 0.201. The zero-order chi connectivity index (χ0) is 24.7. The van der Waals surface area contributed by atoms with Crippen LogP contribution in [0.15, 0.2) is 67.5 Å². The fourth-order valence-electron chi connectivity index (χ4n) is 3.37. The van der Waals surface area contributed by atoms with Crippen LogP contribution >= 0.6 is 23.2 Å². The second kappa shape index (κ2) is 10.9. The van der Waals surface area contributed by atoms with Crippen LogP contribution < -0.4 is 10.6 Å². The number of H-pyrrole nitrogens is 2. The Morgan fingerprint density at radius 2 is 1.28 bits per heavy atom. The Kier molecular flexibility index (Phi) is 7.10. The van der Waals surface area contributed by atoms with E-state index >= 15 is 0 Å². The highest BCUT2D eigenvalue weighted by molar-refractivity contribution is 6.29. The average Bonchev–Trinajstić information content (AvgIpc) is 3.57. The van der Waals surface area contributed by atoms with Crippen molar-refractivity contribution in [1.82, 2.24) is 44.9 Å². The standard InChI is InChI=1S/C12H10ClN5.C11H9ClN6/c13-12-17-10-9(4-6-15-10)11(18-12)16-7-8-3-1-2-5-14-8;12-11-17-9-8(1-2-15-9)10(18-11)16-6-7-5-13-3-4-14-7/h1-6H,7H2,(H2,15,16,17,18);1-5H,6H2,(H2,15,16,17,18). The van der Waals surface area contributed by atoms with E-state index in [-0.39, 0.29) is 10.6 Å². The molecule has 180 valence electrons. The van der Waals surface area contributed by atoms with Gasteiger partial charge in [-0.1, -0.05) is 6.07 Å². The van der Waals surface area contributed by atoms with Crippen molar-refractivity contribution in [1.29, 1.82) is 0 Å². The predicted octanol–water partition coefficient (Wildman–Crippen LogP) is 4.63. The predicted molar refractivity (Wildman–Crippen MR) is 139 cm³/mol. The molecule has 6 rings (SSSR count). The van der Waals surface area contributed by atoms with Gasteiger partial charge >= 0.3 is 0 Å². The molecule has 0 saturated carbocycles. The van der Waals surface area contributed by atoms with Gasteiger partial charge < -0.3 is 20.6 Å². The maximum absolute atomic E-state index is 5.86. The van der Waals surface area contributed by atoms with Gasteiger partial charge in [0.25, 0.3) is 0 Å². The molecule has 0 spiro atoms. The van der Waals surface area contributed by atoms with Gasteiger partial charge in [0.05, 0.1) is 41.4 Å². The Morgan fingerprint density at radius 1 is 0.667 bits per heavy atom. The topological polar surface area (TPSA) is 146 Å². The smallest absolute Gasteiger partial charge is 0.226 e. The fraction of sp³-hybridized carbons (Fsp3) is 0.0870. The van der Waals surface area contributed by atoms with E-state index in [0.29, 0.717) is 30.4 Å². The highest BCUT2D eigenvalue weighted by Crippen LogP contribution is 2.22. The summed E-state index contributed by atoms with van der Waals surface area (Å²) in [6.07, 6.45) is 10.3. The van der Waals surface area contributed by atoms with E-state index in [9.17, 15) is 0 Å². The van der Waals surface area contributed by atoms with Crippen molar-refractivity contribution in [3.8, 4) is 0 Å². The summed E-state index contributed by atoms with van der Waals surface area (Å²) in [7, 11) is 0. The summed E-state index contributed by atoms with van der Waals surface area (Å²) in [5.74, 6) is 1.38. The lowest BCUT2D eigenvalue weighted by Crippen LogP contribution is -2.04. The average molecular weight is 520 g/mol. The maximum Gasteiger partial charge on any atom is 0.226 e. The van der Waals surface area contributed by atoms with E-state index in [1.807, 2.05) is 36.5 Å². The molecule has 0 aliphatic rings. The van der Waals surface area contributed by atoms with Gasteiger partial charge in [0.2, 0.25) is 10.6 Å². The van der Waals surface area contributed by atoms with Crippen molar-refractivity contribution in [3.63, 3.8) is 0 Å². The number of pyridine rings is 1. The van der Waals surface area contributed by atoms with E-state index in [1.54, 1.807) is 31.0 Å². The molecule has 0 atom stereocenters. The second-order valence-electron chi connectivity index (χ2n) is 7.39. The van der Waals surface area contributed by atoms with E-state index in [0.717, 1.165) is 27.8 Å². The highest BCUT2D eigenvalue weighted by Gasteiger charge is 2.08. The largest absolute Gasteiger partial charge is 0.364 e. The van der Waals surface area contributed by atoms with Crippen LogP contribution in [0.25, 0.3) is 22.1 Å². The first-order valence-corrected chi connectivity index (χ1v) is 11.5. The summed E-state index contributed by atoms with van der Waals surface area (Å²) in [5.41, 5.74) is 3.20. The zero-order valence-electron chi connectivity index (χ0n) is 18.7. The molecule has 0 fully saturated rings. The van der Waals surface area contributed by atoms with E-state index in [2.05, 4.69) is 55.5 Å². The maximum atomic E-state index is 5.86. The van der Waals surface area contributed by atoms with Crippen LogP contribution in [0.3, 0.4) is 0 Å². The summed E-state index contributed by atoms with van der Waals surface area (Å²) in [6.45, 7) is 1.12. The van der Waals surface area contributed by atoms with Gasteiger partial charge in [-0.15, -0.1) is 0 Å². The van der Waals surface area contributed by atoms with Gasteiger partial charge in [-0.25, -0.2) is 9.97 Å². The number of nitrogens with one attached hydrogen (secondary N) is 4. The Balaban J connectivity index is 0.000000148. The number of aromatic nitrogens is 9. The van der Waals surface area contributed by atoms with Crippen LogP contribution in [0.2, 0.25) is 10.6 Å². The number of fused-ring (bicyclic) bond motifs is 2. The summed E-state index contributed by atoms with van der Waals surface area (Å²) in [6, 6.07) is 9.58. The molecule has 6 aromatic heterocycles. The molecule has 0 aromatic carbocycles. The van der Waals surface area contributed by atoms with Crippen molar-refractivity contribution < 1.29 is 0 Å². The second-order valence-corrected chi connectivity index (χ2v) is 8.06. The van der Waals surface area contributed by atoms with Gasteiger partial charge in [0.15, 0.2) is 0 Å². The summed E-state index contributed by atoms with van der Waals surface area (Å²) in [5, 5.41) is 8.61. The number of nitrogens with zero attached hydrogens (tertiary/aromatic N) is 7. The van der Waals surface area contributed by atoms with Crippen molar-refractivity contribution in [3.05, 3.63) is 89.5 Å². The van der Waals surface area contributed by atoms with Crippen LogP contribution in [0.1, 0.15) is 11.4 Å². The Hall–Kier alpha value is -4.35. The van der Waals surface area contributed by atoms with Crippen LogP contribution in [0, 0.1) is 0 Å². The first-order chi connectivity index (χ1) is 17.7. The number of hydrogen-bond donors (Lipinski definition) is 4. The van der Waals surface area contributed by atoms with E-state index in [4.69, 9.17) is 23.2 Å². The molecule has 11 nitrogen and oxygen atoms in total. The summed E-state index contributed by atoms with van der Waals surface area (Å²) >= 11 is 11.7. The summed E-state index contributed by atoms with van der Waals surface area (Å²) in [4.78, 5) is 34.9. The van der Waals surface area contributed by atoms with Crippen LogP contribution in [0.4, 0.5) is 11.6 Å². The lowest BCUT2D eigenvalue weighted by Gasteiger charge is -2.06. The molecule has 0 amide bonds.